The molecule has 0 unspecified atom stereocenters. The van der Waals surface area contributed by atoms with E-state index in [-0.39, 0.29) is 18.2 Å². The number of hydrogen-bond acceptors (Lipinski definition) is 4. The Balaban J connectivity index is 1.92. The predicted molar refractivity (Wildman–Crippen MR) is 107 cm³/mol. The summed E-state index contributed by atoms with van der Waals surface area (Å²) in [6, 6.07) is 12.6. The molecule has 0 fully saturated rings. The number of ether oxygens (including phenoxy) is 2. The van der Waals surface area contributed by atoms with Gasteiger partial charge in [-0.25, -0.2) is 0 Å². The standard InChI is InChI=1S/C21H22F3N3O3/c1-29-9-3-8-26-20(28)19-12-15-11-16(25)6-7-18(15)27(19)13-14-4-2-5-17(10-14)30-21(22,23)24/h2,4-7,10-12H,3,8-9,13,25H2,1H3,(H,26,28). The van der Waals surface area contributed by atoms with Gasteiger partial charge < -0.3 is 25.1 Å². The molecule has 6 nitrogen and oxygen atoms in total. The topological polar surface area (TPSA) is 78.5 Å². The fraction of sp³-hybridized carbons (Fsp3) is 0.286. The van der Waals surface area contributed by atoms with E-state index in [0.717, 1.165) is 10.9 Å². The third-order valence-electron chi connectivity index (χ3n) is 4.44. The monoisotopic (exact) mass is 421 g/mol. The van der Waals surface area contributed by atoms with Crippen molar-refractivity contribution in [1.82, 2.24) is 9.88 Å². The summed E-state index contributed by atoms with van der Waals surface area (Å²) in [4.78, 5) is 12.8. The second-order valence-electron chi connectivity index (χ2n) is 6.73. The number of amides is 1. The molecule has 3 N–H and O–H groups in total. The van der Waals surface area contributed by atoms with Crippen molar-refractivity contribution in [3.63, 3.8) is 0 Å². The lowest BCUT2D eigenvalue weighted by atomic mass is 10.2. The summed E-state index contributed by atoms with van der Waals surface area (Å²) in [6.45, 7) is 1.14. The number of nitrogens with zero attached hydrogens (tertiary/aromatic N) is 1. The number of methoxy groups -OCH3 is 1. The molecule has 2 aromatic carbocycles. The Morgan fingerprint density at radius 1 is 1.17 bits per heavy atom. The van der Waals surface area contributed by atoms with Crippen LogP contribution in [-0.2, 0) is 11.3 Å². The quantitative estimate of drug-likeness (QED) is 0.427. The van der Waals surface area contributed by atoms with E-state index in [1.54, 1.807) is 42.0 Å². The van der Waals surface area contributed by atoms with E-state index in [1.807, 2.05) is 0 Å². The summed E-state index contributed by atoms with van der Waals surface area (Å²) in [5, 5.41) is 3.60. The number of halogens is 3. The van der Waals surface area contributed by atoms with Crippen LogP contribution in [0.5, 0.6) is 5.75 Å². The van der Waals surface area contributed by atoms with E-state index in [1.165, 1.54) is 18.2 Å². The van der Waals surface area contributed by atoms with Crippen molar-refractivity contribution in [2.45, 2.75) is 19.3 Å². The molecular formula is C21H22F3N3O3. The largest absolute Gasteiger partial charge is 0.573 e. The lowest BCUT2D eigenvalue weighted by molar-refractivity contribution is -0.274. The molecule has 3 rings (SSSR count). The van der Waals surface area contributed by atoms with Gasteiger partial charge in [0.15, 0.2) is 0 Å². The highest BCUT2D eigenvalue weighted by Gasteiger charge is 2.31. The van der Waals surface area contributed by atoms with Crippen LogP contribution in [-0.4, -0.2) is 37.1 Å². The molecule has 0 radical (unpaired) electrons. The predicted octanol–water partition coefficient (Wildman–Crippen LogP) is 3.94. The fourth-order valence-corrected chi connectivity index (χ4v) is 3.18. The molecule has 0 aliphatic carbocycles. The summed E-state index contributed by atoms with van der Waals surface area (Å²) in [6.07, 6.45) is -4.12. The number of carbonyl (C=O) groups excluding carboxylic acids is 1. The lowest BCUT2D eigenvalue weighted by Gasteiger charge is -2.13. The van der Waals surface area contributed by atoms with Crippen LogP contribution >= 0.6 is 0 Å². The number of benzene rings is 2. The van der Waals surface area contributed by atoms with E-state index >= 15 is 0 Å². The first kappa shape index (κ1) is 21.5. The van der Waals surface area contributed by atoms with Crippen LogP contribution < -0.4 is 15.8 Å². The van der Waals surface area contributed by atoms with Crippen LogP contribution in [0.3, 0.4) is 0 Å². The van der Waals surface area contributed by atoms with Gasteiger partial charge in [-0.15, -0.1) is 13.2 Å². The molecule has 0 aliphatic rings. The number of anilines is 1. The van der Waals surface area contributed by atoms with Gasteiger partial charge in [0, 0.05) is 43.4 Å². The first-order chi connectivity index (χ1) is 14.3. The number of carbonyl (C=O) groups is 1. The molecule has 0 spiro atoms. The maximum Gasteiger partial charge on any atom is 0.573 e. The third-order valence-corrected chi connectivity index (χ3v) is 4.44. The smallest absolute Gasteiger partial charge is 0.406 e. The van der Waals surface area contributed by atoms with Crippen LogP contribution in [0.25, 0.3) is 10.9 Å². The Morgan fingerprint density at radius 3 is 2.70 bits per heavy atom. The number of hydrogen-bond donors (Lipinski definition) is 2. The maximum atomic E-state index is 12.8. The number of aromatic nitrogens is 1. The SMILES string of the molecule is COCCCNC(=O)c1cc2cc(N)ccc2n1Cc1cccc(OC(F)(F)F)c1. The summed E-state index contributed by atoms with van der Waals surface area (Å²) in [7, 11) is 1.58. The van der Waals surface area contributed by atoms with Crippen molar-refractivity contribution in [3.8, 4) is 5.75 Å². The van der Waals surface area contributed by atoms with Crippen LogP contribution in [0.4, 0.5) is 18.9 Å². The second-order valence-corrected chi connectivity index (χ2v) is 6.73. The Kier molecular flexibility index (Phi) is 6.51. The number of rotatable bonds is 8. The van der Waals surface area contributed by atoms with Gasteiger partial charge in [0.05, 0.1) is 0 Å². The summed E-state index contributed by atoms with van der Waals surface area (Å²) in [5.74, 6) is -0.602. The van der Waals surface area contributed by atoms with Crippen molar-refractivity contribution >= 4 is 22.5 Å². The molecule has 1 amide bonds. The van der Waals surface area contributed by atoms with Crippen molar-refractivity contribution in [2.24, 2.45) is 0 Å². The highest BCUT2D eigenvalue weighted by molar-refractivity contribution is 5.99. The van der Waals surface area contributed by atoms with Crippen LogP contribution in [0.1, 0.15) is 22.5 Å². The second kappa shape index (κ2) is 9.08. The van der Waals surface area contributed by atoms with Gasteiger partial charge in [-0.3, -0.25) is 4.79 Å². The molecule has 1 heterocycles. The molecule has 9 heteroatoms. The number of alkyl halides is 3. The molecule has 160 valence electrons. The van der Waals surface area contributed by atoms with Crippen molar-refractivity contribution in [1.29, 1.82) is 0 Å². The number of nitrogens with two attached hydrogens (primary N) is 1. The number of fused-ring (bicyclic) bond motifs is 1. The van der Waals surface area contributed by atoms with Gasteiger partial charge >= 0.3 is 6.36 Å². The lowest BCUT2D eigenvalue weighted by Crippen LogP contribution is -2.27. The van der Waals surface area contributed by atoms with E-state index in [9.17, 15) is 18.0 Å². The molecule has 0 aliphatic heterocycles. The normalized spacial score (nSPS) is 11.6. The Labute approximate surface area is 171 Å². The first-order valence-corrected chi connectivity index (χ1v) is 9.27. The molecule has 3 aromatic rings. The van der Waals surface area contributed by atoms with Crippen LogP contribution in [0.2, 0.25) is 0 Å². The minimum atomic E-state index is -4.77. The van der Waals surface area contributed by atoms with Gasteiger partial charge in [0.1, 0.15) is 11.4 Å². The van der Waals surface area contributed by atoms with E-state index in [4.69, 9.17) is 10.5 Å². The molecule has 0 bridgehead atoms. The van der Waals surface area contributed by atoms with Gasteiger partial charge in [-0.1, -0.05) is 12.1 Å². The Hall–Kier alpha value is -3.20. The highest BCUT2D eigenvalue weighted by atomic mass is 19.4. The van der Waals surface area contributed by atoms with Gasteiger partial charge in [-0.2, -0.15) is 0 Å². The van der Waals surface area contributed by atoms with Gasteiger partial charge in [-0.05, 0) is 48.4 Å². The van der Waals surface area contributed by atoms with E-state index in [2.05, 4.69) is 10.1 Å². The highest BCUT2D eigenvalue weighted by Crippen LogP contribution is 2.26. The molecule has 0 saturated heterocycles. The zero-order chi connectivity index (χ0) is 21.7. The maximum absolute atomic E-state index is 12.8. The van der Waals surface area contributed by atoms with Gasteiger partial charge in [0.25, 0.3) is 5.91 Å². The average Bonchev–Trinajstić information content (AvgIpc) is 3.01. The van der Waals surface area contributed by atoms with Crippen LogP contribution in [0, 0.1) is 0 Å². The van der Waals surface area contributed by atoms with E-state index in [0.29, 0.717) is 36.5 Å². The fourth-order valence-electron chi connectivity index (χ4n) is 3.18. The summed E-state index contributed by atoms with van der Waals surface area (Å²) >= 11 is 0. The van der Waals surface area contributed by atoms with Gasteiger partial charge in [0.2, 0.25) is 0 Å². The molecule has 30 heavy (non-hydrogen) atoms. The molecular weight excluding hydrogens is 399 g/mol. The van der Waals surface area contributed by atoms with Crippen LogP contribution in [0.15, 0.2) is 48.5 Å². The minimum Gasteiger partial charge on any atom is -0.406 e. The molecule has 1 aromatic heterocycles. The minimum absolute atomic E-state index is 0.184. The molecule has 0 atom stereocenters. The molecule has 0 saturated carbocycles. The van der Waals surface area contributed by atoms with Crippen molar-refractivity contribution in [2.75, 3.05) is 26.0 Å². The Morgan fingerprint density at radius 2 is 1.97 bits per heavy atom. The third kappa shape index (κ3) is 5.44. The summed E-state index contributed by atoms with van der Waals surface area (Å²) < 4.78 is 48.3. The first-order valence-electron chi connectivity index (χ1n) is 9.27. The number of nitrogens with one attached hydrogen (secondary N) is 1. The van der Waals surface area contributed by atoms with Crippen molar-refractivity contribution < 1.29 is 27.4 Å². The average molecular weight is 421 g/mol. The number of nitrogen functional groups attached to an aromatic ring is 1. The Bertz CT molecular complexity index is 1030. The van der Waals surface area contributed by atoms with Crippen molar-refractivity contribution in [3.05, 3.63) is 59.8 Å². The zero-order valence-corrected chi connectivity index (χ0v) is 16.3. The zero-order valence-electron chi connectivity index (χ0n) is 16.3. The van der Waals surface area contributed by atoms with E-state index < -0.39 is 6.36 Å². The summed E-state index contributed by atoms with van der Waals surface area (Å²) in [5.41, 5.74) is 8.09.